The third kappa shape index (κ3) is 4.78. The van der Waals surface area contributed by atoms with E-state index in [2.05, 4.69) is 0 Å². The van der Waals surface area contributed by atoms with E-state index in [1.54, 1.807) is 12.1 Å². The van der Waals surface area contributed by atoms with Gasteiger partial charge in [-0.25, -0.2) is 0 Å². The minimum absolute atomic E-state index is 0.0538. The SMILES string of the molecule is CC(C)CC(CC(=O)c1ccc(-c2ccccc2)cc1)C(=O)O. The van der Waals surface area contributed by atoms with E-state index in [1.165, 1.54) is 0 Å². The summed E-state index contributed by atoms with van der Waals surface area (Å²) in [5, 5.41) is 9.26. The zero-order valence-electron chi connectivity index (χ0n) is 13.5. The zero-order valence-corrected chi connectivity index (χ0v) is 13.5. The Kier molecular flexibility index (Phi) is 5.69. The van der Waals surface area contributed by atoms with Gasteiger partial charge in [0.1, 0.15) is 0 Å². The first-order valence-electron chi connectivity index (χ1n) is 7.89. The van der Waals surface area contributed by atoms with Crippen molar-refractivity contribution < 1.29 is 14.7 Å². The summed E-state index contributed by atoms with van der Waals surface area (Å²) in [6.07, 6.45) is 0.571. The van der Waals surface area contributed by atoms with Crippen LogP contribution in [-0.4, -0.2) is 16.9 Å². The summed E-state index contributed by atoms with van der Waals surface area (Å²) in [7, 11) is 0. The van der Waals surface area contributed by atoms with Crippen LogP contribution in [-0.2, 0) is 4.79 Å². The molecule has 0 heterocycles. The second kappa shape index (κ2) is 7.73. The average molecular weight is 310 g/mol. The summed E-state index contributed by atoms with van der Waals surface area (Å²) in [6.45, 7) is 3.93. The number of carboxylic acids is 1. The van der Waals surface area contributed by atoms with Gasteiger partial charge in [-0.3, -0.25) is 9.59 Å². The minimum Gasteiger partial charge on any atom is -0.481 e. The molecule has 0 saturated heterocycles. The van der Waals surface area contributed by atoms with Crippen LogP contribution in [0.1, 0.15) is 37.0 Å². The molecule has 0 amide bonds. The number of ketones is 1. The molecule has 0 saturated carbocycles. The average Bonchev–Trinajstić information content (AvgIpc) is 2.54. The number of aliphatic carboxylic acids is 1. The van der Waals surface area contributed by atoms with Gasteiger partial charge in [-0.2, -0.15) is 0 Å². The second-order valence-corrected chi connectivity index (χ2v) is 6.24. The highest BCUT2D eigenvalue weighted by atomic mass is 16.4. The van der Waals surface area contributed by atoms with Crippen LogP contribution in [0.15, 0.2) is 54.6 Å². The Morgan fingerprint density at radius 1 is 0.913 bits per heavy atom. The molecule has 3 heteroatoms. The summed E-state index contributed by atoms with van der Waals surface area (Å²) >= 11 is 0. The molecular formula is C20H22O3. The highest BCUT2D eigenvalue weighted by Crippen LogP contribution is 2.22. The fourth-order valence-corrected chi connectivity index (χ4v) is 2.66. The smallest absolute Gasteiger partial charge is 0.306 e. The van der Waals surface area contributed by atoms with Gasteiger partial charge in [0.2, 0.25) is 0 Å². The number of hydrogen-bond acceptors (Lipinski definition) is 2. The van der Waals surface area contributed by atoms with Crippen LogP contribution < -0.4 is 0 Å². The quantitative estimate of drug-likeness (QED) is 0.756. The van der Waals surface area contributed by atoms with Crippen molar-refractivity contribution in [2.24, 2.45) is 11.8 Å². The van der Waals surface area contributed by atoms with Crippen molar-refractivity contribution in [2.75, 3.05) is 0 Å². The normalized spacial score (nSPS) is 12.1. The van der Waals surface area contributed by atoms with Crippen LogP contribution in [0.25, 0.3) is 11.1 Å². The Morgan fingerprint density at radius 3 is 2.00 bits per heavy atom. The summed E-state index contributed by atoms with van der Waals surface area (Å²) in [4.78, 5) is 23.6. The minimum atomic E-state index is -0.895. The standard InChI is InChI=1S/C20H22O3/c1-14(2)12-18(20(22)23)13-19(21)17-10-8-16(9-11-17)15-6-4-3-5-7-15/h3-11,14,18H,12-13H2,1-2H3,(H,22,23). The van der Waals surface area contributed by atoms with Crippen LogP contribution in [0.3, 0.4) is 0 Å². The number of carbonyl (C=O) groups excluding carboxylic acids is 1. The van der Waals surface area contributed by atoms with Crippen LogP contribution in [0.2, 0.25) is 0 Å². The van der Waals surface area contributed by atoms with Crippen LogP contribution in [0.4, 0.5) is 0 Å². The van der Waals surface area contributed by atoms with E-state index in [1.807, 2.05) is 56.3 Å². The molecule has 2 rings (SSSR count). The third-order valence-corrected chi connectivity index (χ3v) is 3.85. The van der Waals surface area contributed by atoms with E-state index in [-0.39, 0.29) is 18.1 Å². The van der Waals surface area contributed by atoms with Crippen LogP contribution in [0, 0.1) is 11.8 Å². The Balaban J connectivity index is 2.09. The first-order chi connectivity index (χ1) is 11.0. The molecule has 0 aromatic heterocycles. The number of carbonyl (C=O) groups is 2. The Bertz CT molecular complexity index is 657. The predicted octanol–water partition coefficient (Wildman–Crippen LogP) is 4.67. The lowest BCUT2D eigenvalue weighted by Crippen LogP contribution is -2.20. The van der Waals surface area contributed by atoms with Gasteiger partial charge in [-0.05, 0) is 23.5 Å². The van der Waals surface area contributed by atoms with E-state index in [9.17, 15) is 14.7 Å². The molecule has 2 aromatic carbocycles. The molecule has 120 valence electrons. The van der Waals surface area contributed by atoms with Crippen LogP contribution in [0.5, 0.6) is 0 Å². The Labute approximate surface area is 137 Å². The number of hydrogen-bond donors (Lipinski definition) is 1. The summed E-state index contributed by atoms with van der Waals surface area (Å²) < 4.78 is 0. The molecule has 0 spiro atoms. The van der Waals surface area contributed by atoms with Crippen molar-refractivity contribution >= 4 is 11.8 Å². The molecule has 1 unspecified atom stereocenters. The molecule has 0 aliphatic rings. The lowest BCUT2D eigenvalue weighted by molar-refractivity contribution is -0.142. The number of Topliss-reactive ketones (excluding diaryl/α,β-unsaturated/α-hetero) is 1. The van der Waals surface area contributed by atoms with E-state index in [0.29, 0.717) is 12.0 Å². The third-order valence-electron chi connectivity index (χ3n) is 3.85. The van der Waals surface area contributed by atoms with E-state index in [0.717, 1.165) is 11.1 Å². The molecule has 0 aliphatic carbocycles. The van der Waals surface area contributed by atoms with Gasteiger partial charge < -0.3 is 5.11 Å². The molecule has 0 radical (unpaired) electrons. The van der Waals surface area contributed by atoms with Crippen molar-refractivity contribution in [3.63, 3.8) is 0 Å². The highest BCUT2D eigenvalue weighted by Gasteiger charge is 2.22. The fourth-order valence-electron chi connectivity index (χ4n) is 2.66. The molecule has 2 aromatic rings. The maximum atomic E-state index is 12.3. The summed E-state index contributed by atoms with van der Waals surface area (Å²) in [5.74, 6) is -1.37. The molecule has 1 N–H and O–H groups in total. The summed E-state index contributed by atoms with van der Waals surface area (Å²) in [5.41, 5.74) is 2.70. The monoisotopic (exact) mass is 310 g/mol. The van der Waals surface area contributed by atoms with Gasteiger partial charge in [0.25, 0.3) is 0 Å². The largest absolute Gasteiger partial charge is 0.481 e. The first kappa shape index (κ1) is 16.9. The molecule has 1 atom stereocenters. The molecule has 23 heavy (non-hydrogen) atoms. The predicted molar refractivity (Wildman–Crippen MR) is 91.4 cm³/mol. The van der Waals surface area contributed by atoms with Crippen molar-refractivity contribution in [1.29, 1.82) is 0 Å². The van der Waals surface area contributed by atoms with Crippen molar-refractivity contribution in [2.45, 2.75) is 26.7 Å². The van der Waals surface area contributed by atoms with Crippen molar-refractivity contribution in [3.05, 3.63) is 60.2 Å². The topological polar surface area (TPSA) is 54.4 Å². The van der Waals surface area contributed by atoms with Gasteiger partial charge in [-0.1, -0.05) is 68.4 Å². The Morgan fingerprint density at radius 2 is 1.48 bits per heavy atom. The number of carboxylic acid groups (broad SMARTS) is 1. The van der Waals surface area contributed by atoms with E-state index in [4.69, 9.17) is 0 Å². The van der Waals surface area contributed by atoms with Crippen molar-refractivity contribution in [1.82, 2.24) is 0 Å². The molecule has 0 fully saturated rings. The zero-order chi connectivity index (χ0) is 16.8. The lowest BCUT2D eigenvalue weighted by atomic mass is 9.90. The van der Waals surface area contributed by atoms with E-state index >= 15 is 0 Å². The maximum Gasteiger partial charge on any atom is 0.306 e. The number of benzene rings is 2. The molecule has 0 aliphatic heterocycles. The van der Waals surface area contributed by atoms with Crippen LogP contribution >= 0.6 is 0 Å². The Hall–Kier alpha value is -2.42. The molecular weight excluding hydrogens is 288 g/mol. The fraction of sp³-hybridized carbons (Fsp3) is 0.300. The maximum absolute atomic E-state index is 12.3. The van der Waals surface area contributed by atoms with Gasteiger partial charge in [0.15, 0.2) is 5.78 Å². The van der Waals surface area contributed by atoms with Gasteiger partial charge >= 0.3 is 5.97 Å². The number of rotatable bonds is 7. The first-order valence-corrected chi connectivity index (χ1v) is 7.89. The lowest BCUT2D eigenvalue weighted by Gasteiger charge is -2.14. The van der Waals surface area contributed by atoms with Gasteiger partial charge in [0.05, 0.1) is 5.92 Å². The van der Waals surface area contributed by atoms with E-state index < -0.39 is 11.9 Å². The van der Waals surface area contributed by atoms with Gasteiger partial charge in [0, 0.05) is 12.0 Å². The van der Waals surface area contributed by atoms with Crippen molar-refractivity contribution in [3.8, 4) is 11.1 Å². The summed E-state index contributed by atoms with van der Waals surface area (Å²) in [6, 6.07) is 17.3. The molecule has 3 nitrogen and oxygen atoms in total. The second-order valence-electron chi connectivity index (χ2n) is 6.24. The van der Waals surface area contributed by atoms with Gasteiger partial charge in [-0.15, -0.1) is 0 Å². The highest BCUT2D eigenvalue weighted by molar-refractivity contribution is 5.98. The molecule has 0 bridgehead atoms.